The van der Waals surface area contributed by atoms with E-state index in [1.165, 1.54) is 8.61 Å². The second-order valence-corrected chi connectivity index (χ2v) is 11.7. The quantitative estimate of drug-likeness (QED) is 0.754. The van der Waals surface area contributed by atoms with Crippen molar-refractivity contribution in [3.63, 3.8) is 0 Å². The molecular weight excluding hydrogens is 372 g/mol. The summed E-state index contributed by atoms with van der Waals surface area (Å²) in [5, 5.41) is 1.72. The van der Waals surface area contributed by atoms with Crippen LogP contribution in [0.4, 0.5) is 0 Å². The van der Waals surface area contributed by atoms with Crippen LogP contribution in [0.25, 0.3) is 0 Å². The van der Waals surface area contributed by atoms with E-state index < -0.39 is 32.2 Å². The Morgan fingerprint density at radius 3 is 2.75 bits per heavy atom. The molecule has 3 heterocycles. The first-order valence-electron chi connectivity index (χ1n) is 7.86. The fourth-order valence-electron chi connectivity index (χ4n) is 3.13. The van der Waals surface area contributed by atoms with Crippen molar-refractivity contribution in [1.82, 2.24) is 8.61 Å². The van der Waals surface area contributed by atoms with Crippen LogP contribution in [0.15, 0.2) is 21.7 Å². The van der Waals surface area contributed by atoms with Crippen molar-refractivity contribution >= 4 is 31.4 Å². The zero-order valence-corrected chi connectivity index (χ0v) is 16.1. The van der Waals surface area contributed by atoms with Crippen molar-refractivity contribution in [3.05, 3.63) is 17.5 Å². The maximum absolute atomic E-state index is 12.7. The second kappa shape index (κ2) is 6.65. The summed E-state index contributed by atoms with van der Waals surface area (Å²) >= 11 is 1.16. The van der Waals surface area contributed by atoms with Crippen LogP contribution >= 0.6 is 11.3 Å². The third-order valence-electron chi connectivity index (χ3n) is 4.24. The number of hydrogen-bond donors (Lipinski definition) is 0. The molecule has 2 atom stereocenters. The Labute approximate surface area is 147 Å². The van der Waals surface area contributed by atoms with Crippen LogP contribution in [0.5, 0.6) is 0 Å². The number of fused-ring (bicyclic) bond motifs is 1. The molecule has 0 aliphatic carbocycles. The van der Waals surface area contributed by atoms with E-state index in [1.807, 2.05) is 13.8 Å². The third kappa shape index (κ3) is 3.40. The lowest BCUT2D eigenvalue weighted by molar-refractivity contribution is 0.0476. The van der Waals surface area contributed by atoms with Crippen molar-refractivity contribution in [2.75, 3.05) is 32.0 Å². The summed E-state index contributed by atoms with van der Waals surface area (Å²) in [4.78, 5) is 0. The number of rotatable bonds is 4. The third-order valence-corrected chi connectivity index (χ3v) is 9.26. The molecule has 0 radical (unpaired) electrons. The largest absolute Gasteiger partial charge is 0.374 e. The Morgan fingerprint density at radius 2 is 2.12 bits per heavy atom. The van der Waals surface area contributed by atoms with Crippen LogP contribution in [-0.2, 0) is 24.8 Å². The first-order valence-corrected chi connectivity index (χ1v) is 11.8. The Morgan fingerprint density at radius 1 is 1.38 bits per heavy atom. The standard InChI is InChI=1S/C14H22N2O5S3/c1-11(2)8-16-12-9-15(24(19,20)14-4-3-6-22-14)10-13(12)21-5-7-23(16,17)18/h3-4,6,11-13H,5,7-10H2,1-2H3/t12-,13+/m1/s1. The van der Waals surface area contributed by atoms with Crippen LogP contribution in [0.3, 0.4) is 0 Å². The van der Waals surface area contributed by atoms with Gasteiger partial charge in [0.1, 0.15) is 4.21 Å². The maximum Gasteiger partial charge on any atom is 0.252 e. The maximum atomic E-state index is 12.7. The minimum Gasteiger partial charge on any atom is -0.374 e. The highest BCUT2D eigenvalue weighted by molar-refractivity contribution is 7.91. The summed E-state index contributed by atoms with van der Waals surface area (Å²) in [7, 11) is -7.05. The van der Waals surface area contributed by atoms with Crippen molar-refractivity contribution < 1.29 is 21.6 Å². The molecule has 7 nitrogen and oxygen atoms in total. The molecule has 2 aliphatic rings. The van der Waals surface area contributed by atoms with Gasteiger partial charge >= 0.3 is 0 Å². The van der Waals surface area contributed by atoms with E-state index in [2.05, 4.69) is 0 Å². The van der Waals surface area contributed by atoms with E-state index in [0.29, 0.717) is 6.54 Å². The van der Waals surface area contributed by atoms with Crippen LogP contribution in [0.1, 0.15) is 13.8 Å². The predicted octanol–water partition coefficient (Wildman–Crippen LogP) is 0.808. The Balaban J connectivity index is 1.90. The van der Waals surface area contributed by atoms with Gasteiger partial charge in [0.05, 0.1) is 24.5 Å². The van der Waals surface area contributed by atoms with Gasteiger partial charge in [-0.2, -0.15) is 8.61 Å². The Kier molecular flexibility index (Phi) is 5.07. The number of sulfonamides is 2. The molecule has 2 saturated heterocycles. The predicted molar refractivity (Wildman–Crippen MR) is 91.9 cm³/mol. The molecule has 1 aromatic rings. The van der Waals surface area contributed by atoms with Gasteiger partial charge in [-0.1, -0.05) is 19.9 Å². The molecule has 0 amide bonds. The smallest absolute Gasteiger partial charge is 0.252 e. The van der Waals surface area contributed by atoms with Gasteiger partial charge in [-0.3, -0.25) is 0 Å². The Hall–Kier alpha value is -0.520. The summed E-state index contributed by atoms with van der Waals surface area (Å²) in [5.41, 5.74) is 0. The van der Waals surface area contributed by atoms with Gasteiger partial charge in [0, 0.05) is 19.6 Å². The minimum absolute atomic E-state index is 0.0512. The molecule has 1 aromatic heterocycles. The molecule has 24 heavy (non-hydrogen) atoms. The van der Waals surface area contributed by atoms with Gasteiger partial charge in [0.25, 0.3) is 10.0 Å². The highest BCUT2D eigenvalue weighted by Gasteiger charge is 2.47. The van der Waals surface area contributed by atoms with Gasteiger partial charge < -0.3 is 4.74 Å². The fourth-order valence-corrected chi connectivity index (χ4v) is 7.43. The monoisotopic (exact) mass is 394 g/mol. The molecule has 0 N–H and O–H groups in total. The summed E-state index contributed by atoms with van der Waals surface area (Å²) in [6, 6.07) is 2.80. The number of ether oxygens (including phenoxy) is 1. The van der Waals surface area contributed by atoms with E-state index in [4.69, 9.17) is 4.74 Å². The molecule has 0 aromatic carbocycles. The van der Waals surface area contributed by atoms with Crippen LogP contribution in [0.2, 0.25) is 0 Å². The lowest BCUT2D eigenvalue weighted by Crippen LogP contribution is -2.47. The molecular formula is C14H22N2O5S3. The molecule has 0 saturated carbocycles. The first kappa shape index (κ1) is 18.3. The van der Waals surface area contributed by atoms with Gasteiger partial charge in [0.2, 0.25) is 10.0 Å². The van der Waals surface area contributed by atoms with Gasteiger partial charge in [-0.05, 0) is 17.4 Å². The first-order chi connectivity index (χ1) is 11.2. The molecule has 0 bridgehead atoms. The summed E-state index contributed by atoms with van der Waals surface area (Å²) in [6.07, 6.45) is -0.421. The highest BCUT2D eigenvalue weighted by atomic mass is 32.2. The minimum atomic E-state index is -3.60. The summed E-state index contributed by atoms with van der Waals surface area (Å²) in [5.74, 6) is 0.103. The lowest BCUT2D eigenvalue weighted by Gasteiger charge is -2.29. The molecule has 2 fully saturated rings. The SMILES string of the molecule is CC(C)CN1[C@@H]2CN(S(=O)(=O)c3cccs3)C[C@@H]2OCCS1(=O)=O. The summed E-state index contributed by atoms with van der Waals surface area (Å²) in [6.45, 7) is 4.70. The van der Waals surface area contributed by atoms with E-state index in [9.17, 15) is 16.8 Å². The number of thiophene rings is 1. The van der Waals surface area contributed by atoms with Crippen LogP contribution in [0, 0.1) is 5.92 Å². The fraction of sp³-hybridized carbons (Fsp3) is 0.714. The van der Waals surface area contributed by atoms with E-state index in [1.54, 1.807) is 17.5 Å². The molecule has 10 heteroatoms. The molecule has 136 valence electrons. The molecule has 2 aliphatic heterocycles. The second-order valence-electron chi connectivity index (χ2n) is 6.51. The summed E-state index contributed by atoms with van der Waals surface area (Å²) < 4.78 is 59.3. The number of nitrogens with zero attached hydrogens (tertiary/aromatic N) is 2. The number of hydrogen-bond acceptors (Lipinski definition) is 6. The van der Waals surface area contributed by atoms with Gasteiger partial charge in [0.15, 0.2) is 0 Å². The van der Waals surface area contributed by atoms with Crippen molar-refractivity contribution in [3.8, 4) is 0 Å². The topological polar surface area (TPSA) is 84.0 Å². The average molecular weight is 395 g/mol. The molecule has 0 unspecified atom stereocenters. The van der Waals surface area contributed by atoms with Gasteiger partial charge in [-0.25, -0.2) is 16.8 Å². The molecule has 3 rings (SSSR count). The van der Waals surface area contributed by atoms with E-state index in [0.717, 1.165) is 11.3 Å². The highest BCUT2D eigenvalue weighted by Crippen LogP contribution is 2.31. The zero-order chi connectivity index (χ0) is 17.5. The lowest BCUT2D eigenvalue weighted by atomic mass is 10.1. The van der Waals surface area contributed by atoms with Crippen molar-refractivity contribution in [2.45, 2.75) is 30.2 Å². The van der Waals surface area contributed by atoms with Crippen molar-refractivity contribution in [2.24, 2.45) is 5.92 Å². The van der Waals surface area contributed by atoms with Crippen LogP contribution < -0.4 is 0 Å². The zero-order valence-electron chi connectivity index (χ0n) is 13.7. The van der Waals surface area contributed by atoms with Crippen LogP contribution in [-0.4, -0.2) is 69.6 Å². The van der Waals surface area contributed by atoms with Gasteiger partial charge in [-0.15, -0.1) is 11.3 Å². The van der Waals surface area contributed by atoms with E-state index >= 15 is 0 Å². The molecule has 0 spiro atoms. The van der Waals surface area contributed by atoms with Crippen molar-refractivity contribution in [1.29, 1.82) is 0 Å². The normalized spacial score (nSPS) is 28.8. The van der Waals surface area contributed by atoms with E-state index in [-0.39, 0.29) is 35.6 Å². The Bertz CT molecular complexity index is 773. The average Bonchev–Trinajstić information content (AvgIpc) is 3.12.